The number of hydrogen-bond acceptors (Lipinski definition) is 2. The fourth-order valence-electron chi connectivity index (χ4n) is 2.42. The van der Waals surface area contributed by atoms with E-state index in [4.69, 9.17) is 35.4 Å². The average molecular weight is 352 g/mol. The van der Waals surface area contributed by atoms with E-state index in [-0.39, 0.29) is 0 Å². The lowest BCUT2D eigenvalue weighted by molar-refractivity contribution is 0.605. The largest absolute Gasteiger partial charge is 0.279 e. The number of benzene rings is 1. The first-order valence-corrected chi connectivity index (χ1v) is 8.27. The monoisotopic (exact) mass is 351 g/mol. The molecule has 1 aliphatic carbocycles. The van der Waals surface area contributed by atoms with Crippen LogP contribution in [0.3, 0.4) is 0 Å². The van der Waals surface area contributed by atoms with Crippen molar-refractivity contribution in [3.05, 3.63) is 56.8 Å². The van der Waals surface area contributed by atoms with Gasteiger partial charge in [0.05, 0.1) is 5.02 Å². The molecule has 0 radical (unpaired) electrons. The molecular formula is C16H15Cl2N3S. The predicted octanol–water partition coefficient (Wildman–Crippen LogP) is 5.49. The Hall–Kier alpha value is -1.36. The molecule has 0 amide bonds. The highest BCUT2D eigenvalue weighted by Gasteiger charge is 2.10. The molecule has 1 aromatic carbocycles. The van der Waals surface area contributed by atoms with E-state index in [0.29, 0.717) is 22.2 Å². The maximum atomic E-state index is 6.26. The van der Waals surface area contributed by atoms with Crippen molar-refractivity contribution in [1.82, 2.24) is 14.8 Å². The minimum atomic E-state index is 0.520. The van der Waals surface area contributed by atoms with Crippen molar-refractivity contribution in [1.29, 1.82) is 0 Å². The molecule has 0 saturated heterocycles. The van der Waals surface area contributed by atoms with Gasteiger partial charge in [0.15, 0.2) is 5.82 Å². The van der Waals surface area contributed by atoms with Crippen molar-refractivity contribution < 1.29 is 0 Å². The third kappa shape index (κ3) is 3.35. The van der Waals surface area contributed by atoms with Gasteiger partial charge in [0.25, 0.3) is 0 Å². The van der Waals surface area contributed by atoms with E-state index in [0.717, 1.165) is 29.9 Å². The number of rotatable bonds is 4. The zero-order valence-electron chi connectivity index (χ0n) is 11.9. The maximum absolute atomic E-state index is 6.26. The van der Waals surface area contributed by atoms with Crippen molar-refractivity contribution in [2.75, 3.05) is 0 Å². The lowest BCUT2D eigenvalue weighted by atomic mass is 10.0. The minimum Gasteiger partial charge on any atom is -0.279 e. The summed E-state index contributed by atoms with van der Waals surface area (Å²) in [7, 11) is 0. The van der Waals surface area contributed by atoms with Crippen LogP contribution in [0.1, 0.15) is 19.3 Å². The summed E-state index contributed by atoms with van der Waals surface area (Å²) in [4.78, 5) is 4.40. The van der Waals surface area contributed by atoms with Gasteiger partial charge in [-0.15, -0.1) is 0 Å². The normalized spacial score (nSPS) is 14.6. The molecule has 3 rings (SSSR count). The summed E-state index contributed by atoms with van der Waals surface area (Å²) in [6.45, 7) is 0.714. The molecule has 3 nitrogen and oxygen atoms in total. The van der Waals surface area contributed by atoms with Gasteiger partial charge in [0, 0.05) is 17.1 Å². The number of hydrogen-bond donors (Lipinski definition) is 1. The van der Waals surface area contributed by atoms with Crippen LogP contribution in [0, 0.1) is 4.77 Å². The lowest BCUT2D eigenvalue weighted by Gasteiger charge is -2.10. The van der Waals surface area contributed by atoms with E-state index in [2.05, 4.69) is 22.2 Å². The van der Waals surface area contributed by atoms with Crippen LogP contribution < -0.4 is 0 Å². The summed E-state index contributed by atoms with van der Waals surface area (Å²) >= 11 is 17.8. The van der Waals surface area contributed by atoms with Crippen molar-refractivity contribution in [2.24, 2.45) is 0 Å². The molecular weight excluding hydrogens is 337 g/mol. The summed E-state index contributed by atoms with van der Waals surface area (Å²) < 4.78 is 2.37. The summed E-state index contributed by atoms with van der Waals surface area (Å²) in [5, 5.41) is 4.82. The van der Waals surface area contributed by atoms with Crippen LogP contribution in [-0.2, 0) is 6.54 Å². The van der Waals surface area contributed by atoms with E-state index in [1.165, 1.54) is 5.57 Å². The van der Waals surface area contributed by atoms with Gasteiger partial charge in [-0.25, -0.2) is 0 Å². The summed E-state index contributed by atoms with van der Waals surface area (Å²) in [6.07, 6.45) is 7.02. The highest BCUT2D eigenvalue weighted by Crippen LogP contribution is 2.26. The van der Waals surface area contributed by atoms with Gasteiger partial charge in [-0.1, -0.05) is 47.5 Å². The summed E-state index contributed by atoms with van der Waals surface area (Å²) in [5.74, 6) is 0.690. The molecule has 1 aliphatic rings. The standard InChI is InChI=1S/C16H15Cl2N3S/c17-13-7-3-1-5-11(13)9-10-21-16(22)19-15(20-21)12-6-2-4-8-14(12)18/h1-2,4-6,8H,3,7,9-10H2,(H,19,20,22). The molecule has 1 aromatic heterocycles. The fraction of sp³-hybridized carbons (Fsp3) is 0.250. The third-order valence-corrected chi connectivity index (χ3v) is 4.68. The van der Waals surface area contributed by atoms with Crippen LogP contribution >= 0.6 is 35.4 Å². The number of nitrogens with one attached hydrogen (secondary N) is 1. The van der Waals surface area contributed by atoms with Gasteiger partial charge in [0.1, 0.15) is 0 Å². The first-order valence-electron chi connectivity index (χ1n) is 7.11. The summed E-state index contributed by atoms with van der Waals surface area (Å²) in [5.41, 5.74) is 2.02. The zero-order valence-corrected chi connectivity index (χ0v) is 14.2. The van der Waals surface area contributed by atoms with Crippen molar-refractivity contribution in [3.63, 3.8) is 0 Å². The number of H-pyrrole nitrogens is 1. The number of halogens is 2. The van der Waals surface area contributed by atoms with Crippen LogP contribution in [0.15, 0.2) is 47.0 Å². The van der Waals surface area contributed by atoms with Crippen LogP contribution in [0.5, 0.6) is 0 Å². The average Bonchev–Trinajstić information content (AvgIpc) is 2.88. The van der Waals surface area contributed by atoms with Crippen LogP contribution in [-0.4, -0.2) is 14.8 Å². The second-order valence-corrected chi connectivity index (χ2v) is 6.34. The third-order valence-electron chi connectivity index (χ3n) is 3.61. The Bertz CT molecular complexity index is 802. The molecule has 0 saturated carbocycles. The Morgan fingerprint density at radius 3 is 2.86 bits per heavy atom. The van der Waals surface area contributed by atoms with Crippen LogP contribution in [0.4, 0.5) is 0 Å². The number of aromatic nitrogens is 3. The molecule has 22 heavy (non-hydrogen) atoms. The van der Waals surface area contributed by atoms with E-state index in [9.17, 15) is 0 Å². The van der Waals surface area contributed by atoms with Gasteiger partial charge in [-0.3, -0.25) is 9.78 Å². The molecule has 1 heterocycles. The van der Waals surface area contributed by atoms with Crippen LogP contribution in [0.2, 0.25) is 5.02 Å². The first-order chi connectivity index (χ1) is 10.6. The van der Waals surface area contributed by atoms with Gasteiger partial charge >= 0.3 is 0 Å². The Kier molecular flexibility index (Phi) is 4.81. The topological polar surface area (TPSA) is 33.6 Å². The molecule has 0 atom stereocenters. The number of allylic oxidation sites excluding steroid dienone is 4. The Morgan fingerprint density at radius 2 is 2.09 bits per heavy atom. The van der Waals surface area contributed by atoms with Gasteiger partial charge < -0.3 is 0 Å². The van der Waals surface area contributed by atoms with E-state index >= 15 is 0 Å². The molecule has 0 unspecified atom stereocenters. The molecule has 6 heteroatoms. The second kappa shape index (κ2) is 6.82. The molecule has 0 bridgehead atoms. The SMILES string of the molecule is S=c1nc(-c2ccccc2Cl)[nH]n1CCC1=C(Cl)CCC=C1. The Balaban J connectivity index is 1.80. The molecule has 2 aromatic rings. The van der Waals surface area contributed by atoms with E-state index < -0.39 is 0 Å². The Morgan fingerprint density at radius 1 is 1.27 bits per heavy atom. The van der Waals surface area contributed by atoms with Gasteiger partial charge in [0.2, 0.25) is 4.77 Å². The maximum Gasteiger partial charge on any atom is 0.216 e. The quantitative estimate of drug-likeness (QED) is 0.738. The highest BCUT2D eigenvalue weighted by molar-refractivity contribution is 7.71. The minimum absolute atomic E-state index is 0.520. The predicted molar refractivity (Wildman–Crippen MR) is 93.7 cm³/mol. The molecule has 0 fully saturated rings. The summed E-state index contributed by atoms with van der Waals surface area (Å²) in [6, 6.07) is 7.57. The first kappa shape index (κ1) is 15.5. The van der Waals surface area contributed by atoms with Crippen molar-refractivity contribution in [3.8, 4) is 11.4 Å². The highest BCUT2D eigenvalue weighted by atomic mass is 35.5. The smallest absolute Gasteiger partial charge is 0.216 e. The van der Waals surface area contributed by atoms with Crippen molar-refractivity contribution >= 4 is 35.4 Å². The fourth-order valence-corrected chi connectivity index (χ4v) is 3.14. The van der Waals surface area contributed by atoms with Gasteiger partial charge in [-0.05, 0) is 49.2 Å². The molecule has 0 spiro atoms. The number of nitrogens with zero attached hydrogens (tertiary/aromatic N) is 2. The zero-order chi connectivity index (χ0) is 15.5. The number of aryl methyl sites for hydroxylation is 1. The van der Waals surface area contributed by atoms with Crippen molar-refractivity contribution in [2.45, 2.75) is 25.8 Å². The number of aromatic amines is 1. The van der Waals surface area contributed by atoms with E-state index in [1.807, 2.05) is 28.9 Å². The van der Waals surface area contributed by atoms with Crippen LogP contribution in [0.25, 0.3) is 11.4 Å². The Labute approximate surface area is 144 Å². The molecule has 0 aliphatic heterocycles. The molecule has 1 N–H and O–H groups in total. The second-order valence-electron chi connectivity index (χ2n) is 5.11. The lowest BCUT2D eigenvalue weighted by Crippen LogP contribution is -2.03. The van der Waals surface area contributed by atoms with E-state index in [1.54, 1.807) is 0 Å². The molecule has 114 valence electrons. The van der Waals surface area contributed by atoms with Gasteiger partial charge in [-0.2, -0.15) is 4.98 Å².